The average molecular weight is 328 g/mol. The second-order valence-corrected chi connectivity index (χ2v) is 5.11. The lowest BCUT2D eigenvalue weighted by Gasteiger charge is -2.31. The summed E-state index contributed by atoms with van der Waals surface area (Å²) in [5, 5.41) is 2.80. The Morgan fingerprint density at radius 2 is 2.14 bits per heavy atom. The molecule has 1 aromatic rings. The molecule has 0 aliphatic carbocycles. The van der Waals surface area contributed by atoms with Crippen LogP contribution in [0.25, 0.3) is 0 Å². The molecule has 1 aliphatic rings. The van der Waals surface area contributed by atoms with Gasteiger partial charge in [-0.15, -0.1) is 12.4 Å². The molecule has 2 rings (SSSR count). The minimum atomic E-state index is -0.138. The van der Waals surface area contributed by atoms with E-state index in [0.29, 0.717) is 37.5 Å². The van der Waals surface area contributed by atoms with E-state index in [1.807, 2.05) is 4.90 Å². The molecule has 1 atom stereocenters. The molecule has 7 heteroatoms. The van der Waals surface area contributed by atoms with E-state index in [2.05, 4.69) is 5.32 Å². The van der Waals surface area contributed by atoms with Crippen molar-refractivity contribution >= 4 is 29.8 Å². The standard InChI is InChI=1S/C15H21N3O3.ClH/c1-11(19)13-4-2-3-5-14(13)17-15(20)10-18-6-7-21-12(8-16)9-18;/h2-5,12H,6-10,16H2,1H3,(H,17,20);1H. The number of hydrogen-bond acceptors (Lipinski definition) is 5. The summed E-state index contributed by atoms with van der Waals surface area (Å²) in [5.41, 5.74) is 6.66. The van der Waals surface area contributed by atoms with Gasteiger partial charge in [0.15, 0.2) is 5.78 Å². The first-order chi connectivity index (χ1) is 10.1. The number of ether oxygens (including phenoxy) is 1. The Hall–Kier alpha value is -1.47. The number of amides is 1. The number of carbonyl (C=O) groups is 2. The van der Waals surface area contributed by atoms with E-state index in [0.717, 1.165) is 0 Å². The van der Waals surface area contributed by atoms with Crippen LogP contribution >= 0.6 is 12.4 Å². The lowest BCUT2D eigenvalue weighted by atomic mass is 10.1. The Balaban J connectivity index is 0.00000242. The molecule has 0 saturated carbocycles. The summed E-state index contributed by atoms with van der Waals surface area (Å²) in [6, 6.07) is 7.01. The van der Waals surface area contributed by atoms with Gasteiger partial charge in [-0.25, -0.2) is 0 Å². The van der Waals surface area contributed by atoms with Crippen LogP contribution in [0.1, 0.15) is 17.3 Å². The van der Waals surface area contributed by atoms with Gasteiger partial charge in [-0.3, -0.25) is 14.5 Å². The summed E-state index contributed by atoms with van der Waals surface area (Å²) in [6.45, 7) is 4.14. The van der Waals surface area contributed by atoms with Gasteiger partial charge in [0.05, 0.1) is 24.9 Å². The Bertz CT molecular complexity index is 525. The summed E-state index contributed by atoms with van der Waals surface area (Å²) in [4.78, 5) is 25.6. The molecular weight excluding hydrogens is 306 g/mol. The number of nitrogens with zero attached hydrogens (tertiary/aromatic N) is 1. The van der Waals surface area contributed by atoms with E-state index in [9.17, 15) is 9.59 Å². The summed E-state index contributed by atoms with van der Waals surface area (Å²) in [5.74, 6) is -0.207. The number of halogens is 1. The number of benzene rings is 1. The van der Waals surface area contributed by atoms with Crippen molar-refractivity contribution in [1.82, 2.24) is 4.90 Å². The van der Waals surface area contributed by atoms with Crippen LogP contribution in [0, 0.1) is 0 Å². The van der Waals surface area contributed by atoms with E-state index < -0.39 is 0 Å². The molecule has 1 aromatic carbocycles. The van der Waals surface area contributed by atoms with Crippen LogP contribution in [0.5, 0.6) is 0 Å². The third-order valence-corrected chi connectivity index (χ3v) is 3.43. The predicted octanol–water partition coefficient (Wildman–Crippen LogP) is 0.909. The van der Waals surface area contributed by atoms with Gasteiger partial charge in [0.25, 0.3) is 0 Å². The number of nitrogens with two attached hydrogens (primary N) is 1. The predicted molar refractivity (Wildman–Crippen MR) is 87.6 cm³/mol. The monoisotopic (exact) mass is 327 g/mol. The van der Waals surface area contributed by atoms with Gasteiger partial charge in [-0.05, 0) is 19.1 Å². The summed E-state index contributed by atoms with van der Waals surface area (Å²) in [6.07, 6.45) is -0.0175. The molecular formula is C15H22ClN3O3. The molecule has 122 valence electrons. The van der Waals surface area contributed by atoms with Crippen molar-refractivity contribution in [3.05, 3.63) is 29.8 Å². The quantitative estimate of drug-likeness (QED) is 0.785. The number of ketones is 1. The first-order valence-electron chi connectivity index (χ1n) is 7.04. The molecule has 0 aromatic heterocycles. The Labute approximate surface area is 136 Å². The van der Waals surface area contributed by atoms with Gasteiger partial charge in [0.1, 0.15) is 0 Å². The van der Waals surface area contributed by atoms with Crippen molar-refractivity contribution in [1.29, 1.82) is 0 Å². The van der Waals surface area contributed by atoms with Gasteiger partial charge in [-0.2, -0.15) is 0 Å². The van der Waals surface area contributed by atoms with Crippen LogP contribution in [-0.4, -0.2) is 55.5 Å². The van der Waals surface area contributed by atoms with E-state index in [-0.39, 0.29) is 36.7 Å². The largest absolute Gasteiger partial charge is 0.374 e. The van der Waals surface area contributed by atoms with Gasteiger partial charge < -0.3 is 15.8 Å². The van der Waals surface area contributed by atoms with Gasteiger partial charge in [0.2, 0.25) is 5.91 Å². The number of carbonyl (C=O) groups excluding carboxylic acids is 2. The number of morpholine rings is 1. The topological polar surface area (TPSA) is 84.7 Å². The van der Waals surface area contributed by atoms with Gasteiger partial charge in [0, 0.05) is 25.2 Å². The minimum absolute atomic E-state index is 0. The number of para-hydroxylation sites is 1. The molecule has 1 fully saturated rings. The zero-order chi connectivity index (χ0) is 15.2. The SMILES string of the molecule is CC(=O)c1ccccc1NC(=O)CN1CCOC(CN)C1.Cl. The fourth-order valence-electron chi connectivity index (χ4n) is 2.36. The van der Waals surface area contributed by atoms with Crippen molar-refractivity contribution in [2.75, 3.05) is 38.1 Å². The summed E-state index contributed by atoms with van der Waals surface area (Å²) < 4.78 is 5.46. The lowest BCUT2D eigenvalue weighted by Crippen LogP contribution is -2.48. The molecule has 22 heavy (non-hydrogen) atoms. The molecule has 1 unspecified atom stereocenters. The second-order valence-electron chi connectivity index (χ2n) is 5.11. The zero-order valence-corrected chi connectivity index (χ0v) is 13.4. The molecule has 0 radical (unpaired) electrons. The number of anilines is 1. The third-order valence-electron chi connectivity index (χ3n) is 3.43. The summed E-state index contributed by atoms with van der Waals surface area (Å²) in [7, 11) is 0. The summed E-state index contributed by atoms with van der Waals surface area (Å²) >= 11 is 0. The molecule has 3 N–H and O–H groups in total. The van der Waals surface area contributed by atoms with Gasteiger partial charge in [-0.1, -0.05) is 12.1 Å². The van der Waals surface area contributed by atoms with Crippen LogP contribution in [0.3, 0.4) is 0 Å². The molecule has 0 bridgehead atoms. The Morgan fingerprint density at radius 3 is 2.82 bits per heavy atom. The van der Waals surface area contributed by atoms with E-state index in [1.165, 1.54) is 6.92 Å². The number of rotatable bonds is 5. The van der Waals surface area contributed by atoms with Crippen molar-refractivity contribution in [2.24, 2.45) is 5.73 Å². The lowest BCUT2D eigenvalue weighted by molar-refractivity contribution is -0.119. The fraction of sp³-hybridized carbons (Fsp3) is 0.467. The zero-order valence-electron chi connectivity index (χ0n) is 12.6. The highest BCUT2D eigenvalue weighted by Gasteiger charge is 2.21. The molecule has 1 amide bonds. The van der Waals surface area contributed by atoms with Crippen LogP contribution in [0.15, 0.2) is 24.3 Å². The molecule has 6 nitrogen and oxygen atoms in total. The van der Waals surface area contributed by atoms with E-state index in [1.54, 1.807) is 24.3 Å². The highest BCUT2D eigenvalue weighted by atomic mass is 35.5. The van der Waals surface area contributed by atoms with Crippen molar-refractivity contribution in [3.63, 3.8) is 0 Å². The van der Waals surface area contributed by atoms with E-state index >= 15 is 0 Å². The molecule has 0 spiro atoms. The van der Waals surface area contributed by atoms with Crippen LogP contribution in [-0.2, 0) is 9.53 Å². The minimum Gasteiger partial charge on any atom is -0.374 e. The number of nitrogens with one attached hydrogen (secondary N) is 1. The maximum atomic E-state index is 12.1. The number of hydrogen-bond donors (Lipinski definition) is 2. The van der Waals surface area contributed by atoms with Crippen molar-refractivity contribution in [3.8, 4) is 0 Å². The first-order valence-corrected chi connectivity index (χ1v) is 7.04. The van der Waals surface area contributed by atoms with Crippen LogP contribution in [0.2, 0.25) is 0 Å². The number of Topliss-reactive ketones (excluding diaryl/α,β-unsaturated/α-hetero) is 1. The maximum absolute atomic E-state index is 12.1. The maximum Gasteiger partial charge on any atom is 0.238 e. The van der Waals surface area contributed by atoms with Crippen LogP contribution < -0.4 is 11.1 Å². The van der Waals surface area contributed by atoms with Gasteiger partial charge >= 0.3 is 0 Å². The smallest absolute Gasteiger partial charge is 0.238 e. The first kappa shape index (κ1) is 18.6. The highest BCUT2D eigenvalue weighted by molar-refractivity contribution is 6.04. The molecule has 1 heterocycles. The molecule has 1 aliphatic heterocycles. The van der Waals surface area contributed by atoms with Crippen molar-refractivity contribution in [2.45, 2.75) is 13.0 Å². The van der Waals surface area contributed by atoms with Crippen LogP contribution in [0.4, 0.5) is 5.69 Å². The van der Waals surface area contributed by atoms with Crippen molar-refractivity contribution < 1.29 is 14.3 Å². The second kappa shape index (κ2) is 8.85. The Morgan fingerprint density at radius 1 is 1.41 bits per heavy atom. The Kier molecular flexibility index (Phi) is 7.47. The third kappa shape index (κ3) is 5.06. The normalized spacial score (nSPS) is 18.4. The molecule has 1 saturated heterocycles. The highest BCUT2D eigenvalue weighted by Crippen LogP contribution is 2.15. The fourth-order valence-corrected chi connectivity index (χ4v) is 2.36. The van der Waals surface area contributed by atoms with E-state index in [4.69, 9.17) is 10.5 Å². The average Bonchev–Trinajstić information content (AvgIpc) is 2.47.